The van der Waals surface area contributed by atoms with Gasteiger partial charge in [0.1, 0.15) is 0 Å². The summed E-state index contributed by atoms with van der Waals surface area (Å²) in [6, 6.07) is 0. The smallest absolute Gasteiger partial charge is 0.0431 e. The number of aliphatic hydroxyl groups is 1. The fraction of sp³-hybridized carbons (Fsp3) is 1.00. The molecule has 2 nitrogen and oxygen atoms in total. The minimum Gasteiger partial charge on any atom is -0.396 e. The van der Waals surface area contributed by atoms with Crippen molar-refractivity contribution >= 4 is 0 Å². The van der Waals surface area contributed by atoms with Gasteiger partial charge in [0.25, 0.3) is 0 Å². The van der Waals surface area contributed by atoms with Crippen LogP contribution in [-0.4, -0.2) is 23.8 Å². The van der Waals surface area contributed by atoms with Gasteiger partial charge in [0.2, 0.25) is 0 Å². The van der Waals surface area contributed by atoms with E-state index in [2.05, 4.69) is 26.1 Å². The lowest BCUT2D eigenvalue weighted by atomic mass is 9.95. The van der Waals surface area contributed by atoms with Crippen molar-refractivity contribution in [2.75, 3.05) is 13.2 Å². The molecule has 2 heteroatoms. The second-order valence-electron chi connectivity index (χ2n) is 3.98. The van der Waals surface area contributed by atoms with Crippen molar-refractivity contribution in [1.29, 1.82) is 0 Å². The maximum absolute atomic E-state index is 8.60. The summed E-state index contributed by atoms with van der Waals surface area (Å²) in [5, 5.41) is 12.2. The van der Waals surface area contributed by atoms with Crippen molar-refractivity contribution in [2.45, 2.75) is 58.4 Å². The number of rotatable bonds is 8. The fourth-order valence-corrected chi connectivity index (χ4v) is 1.30. The van der Waals surface area contributed by atoms with E-state index in [1.54, 1.807) is 0 Å². The van der Waals surface area contributed by atoms with E-state index in [4.69, 9.17) is 5.11 Å². The summed E-state index contributed by atoms with van der Waals surface area (Å²) in [6.45, 7) is 8.14. The molecule has 0 heterocycles. The monoisotopic (exact) mass is 187 g/mol. The lowest BCUT2D eigenvalue weighted by Gasteiger charge is -2.28. The van der Waals surface area contributed by atoms with Gasteiger partial charge in [-0.05, 0) is 45.6 Å². The van der Waals surface area contributed by atoms with Crippen molar-refractivity contribution in [3.05, 3.63) is 0 Å². The van der Waals surface area contributed by atoms with E-state index in [-0.39, 0.29) is 0 Å². The van der Waals surface area contributed by atoms with Crippen molar-refractivity contribution in [2.24, 2.45) is 0 Å². The first kappa shape index (κ1) is 12.9. The van der Waals surface area contributed by atoms with E-state index in [0.29, 0.717) is 12.1 Å². The first-order chi connectivity index (χ1) is 6.18. The molecule has 0 aromatic rings. The van der Waals surface area contributed by atoms with E-state index < -0.39 is 0 Å². The second-order valence-corrected chi connectivity index (χ2v) is 3.98. The molecule has 0 saturated carbocycles. The Hall–Kier alpha value is -0.0800. The Morgan fingerprint density at radius 1 is 1.08 bits per heavy atom. The zero-order chi connectivity index (χ0) is 10.2. The van der Waals surface area contributed by atoms with Gasteiger partial charge in [-0.15, -0.1) is 0 Å². The van der Waals surface area contributed by atoms with E-state index in [1.165, 1.54) is 19.3 Å². The minimum atomic E-state index is 0.319. The third kappa shape index (κ3) is 6.05. The van der Waals surface area contributed by atoms with Crippen LogP contribution in [0.4, 0.5) is 0 Å². The zero-order valence-corrected chi connectivity index (χ0v) is 9.40. The molecule has 0 aliphatic heterocycles. The molecule has 0 aliphatic rings. The van der Waals surface area contributed by atoms with E-state index >= 15 is 0 Å². The highest BCUT2D eigenvalue weighted by Crippen LogP contribution is 2.13. The van der Waals surface area contributed by atoms with E-state index in [0.717, 1.165) is 19.4 Å². The van der Waals surface area contributed by atoms with Crippen LogP contribution in [0, 0.1) is 0 Å². The van der Waals surface area contributed by atoms with Crippen LogP contribution in [-0.2, 0) is 0 Å². The Bertz CT molecular complexity index is 111. The van der Waals surface area contributed by atoms with Gasteiger partial charge in [0.15, 0.2) is 0 Å². The standard InChI is InChI=1S/C11H25NO/c1-4-11(3,5-2)12-9-7-6-8-10-13/h12-13H,4-10H2,1-3H3. The Morgan fingerprint density at radius 3 is 2.15 bits per heavy atom. The summed E-state index contributed by atoms with van der Waals surface area (Å²) in [6.07, 6.45) is 5.62. The Morgan fingerprint density at radius 2 is 1.69 bits per heavy atom. The molecule has 0 aromatic heterocycles. The molecule has 0 aliphatic carbocycles. The van der Waals surface area contributed by atoms with Crippen molar-refractivity contribution in [3.8, 4) is 0 Å². The lowest BCUT2D eigenvalue weighted by molar-refractivity contribution is 0.278. The Labute approximate surface area is 82.7 Å². The summed E-state index contributed by atoms with van der Waals surface area (Å²) in [5.41, 5.74) is 0.319. The van der Waals surface area contributed by atoms with Crippen LogP contribution in [0.15, 0.2) is 0 Å². The normalized spacial score (nSPS) is 12.0. The van der Waals surface area contributed by atoms with Gasteiger partial charge in [-0.2, -0.15) is 0 Å². The third-order valence-corrected chi connectivity index (χ3v) is 2.95. The van der Waals surface area contributed by atoms with E-state index in [1.807, 2.05) is 0 Å². The fourth-order valence-electron chi connectivity index (χ4n) is 1.30. The molecule has 0 spiro atoms. The van der Waals surface area contributed by atoms with Crippen molar-refractivity contribution in [1.82, 2.24) is 5.32 Å². The molecular formula is C11H25NO. The van der Waals surface area contributed by atoms with Gasteiger partial charge in [-0.1, -0.05) is 13.8 Å². The molecule has 0 fully saturated rings. The molecule has 0 unspecified atom stereocenters. The summed E-state index contributed by atoms with van der Waals surface area (Å²) < 4.78 is 0. The summed E-state index contributed by atoms with van der Waals surface area (Å²) in [5.74, 6) is 0. The molecule has 0 aromatic carbocycles. The highest BCUT2D eigenvalue weighted by atomic mass is 16.2. The van der Waals surface area contributed by atoms with Crippen LogP contribution < -0.4 is 5.32 Å². The third-order valence-electron chi connectivity index (χ3n) is 2.95. The Kier molecular flexibility index (Phi) is 7.29. The maximum atomic E-state index is 8.60. The number of unbranched alkanes of at least 4 members (excludes halogenated alkanes) is 2. The Balaban J connectivity index is 3.39. The lowest BCUT2D eigenvalue weighted by Crippen LogP contribution is -2.41. The van der Waals surface area contributed by atoms with Gasteiger partial charge < -0.3 is 10.4 Å². The summed E-state index contributed by atoms with van der Waals surface area (Å²) in [7, 11) is 0. The second kappa shape index (κ2) is 7.34. The minimum absolute atomic E-state index is 0.319. The quantitative estimate of drug-likeness (QED) is 0.572. The highest BCUT2D eigenvalue weighted by Gasteiger charge is 2.17. The van der Waals surface area contributed by atoms with Gasteiger partial charge >= 0.3 is 0 Å². The molecule has 80 valence electrons. The van der Waals surface area contributed by atoms with Crippen LogP contribution in [0.1, 0.15) is 52.9 Å². The SMILES string of the molecule is CCC(C)(CC)NCCCCCO. The average Bonchev–Trinajstić information content (AvgIpc) is 2.17. The van der Waals surface area contributed by atoms with Gasteiger partial charge in [0, 0.05) is 12.1 Å². The number of hydrogen-bond donors (Lipinski definition) is 2. The van der Waals surface area contributed by atoms with Gasteiger partial charge in [0.05, 0.1) is 0 Å². The van der Waals surface area contributed by atoms with Crippen LogP contribution in [0.5, 0.6) is 0 Å². The molecule has 0 saturated heterocycles. The highest BCUT2D eigenvalue weighted by molar-refractivity contribution is 4.79. The van der Waals surface area contributed by atoms with Crippen LogP contribution in [0.3, 0.4) is 0 Å². The average molecular weight is 187 g/mol. The van der Waals surface area contributed by atoms with Crippen molar-refractivity contribution in [3.63, 3.8) is 0 Å². The predicted molar refractivity (Wildman–Crippen MR) is 57.9 cm³/mol. The first-order valence-corrected chi connectivity index (χ1v) is 5.54. The zero-order valence-electron chi connectivity index (χ0n) is 9.40. The van der Waals surface area contributed by atoms with Gasteiger partial charge in [-0.25, -0.2) is 0 Å². The van der Waals surface area contributed by atoms with Crippen molar-refractivity contribution < 1.29 is 5.11 Å². The predicted octanol–water partition coefficient (Wildman–Crippen LogP) is 2.32. The van der Waals surface area contributed by atoms with Gasteiger partial charge in [-0.3, -0.25) is 0 Å². The summed E-state index contributed by atoms with van der Waals surface area (Å²) in [4.78, 5) is 0. The largest absolute Gasteiger partial charge is 0.396 e. The molecule has 0 rings (SSSR count). The molecule has 13 heavy (non-hydrogen) atoms. The topological polar surface area (TPSA) is 32.3 Å². The maximum Gasteiger partial charge on any atom is 0.0431 e. The molecular weight excluding hydrogens is 162 g/mol. The number of hydrogen-bond acceptors (Lipinski definition) is 2. The number of nitrogens with one attached hydrogen (secondary N) is 1. The van der Waals surface area contributed by atoms with E-state index in [9.17, 15) is 0 Å². The molecule has 0 atom stereocenters. The molecule has 0 bridgehead atoms. The van der Waals surface area contributed by atoms with Crippen LogP contribution in [0.2, 0.25) is 0 Å². The number of aliphatic hydroxyl groups excluding tert-OH is 1. The molecule has 2 N–H and O–H groups in total. The molecule has 0 radical (unpaired) electrons. The summed E-state index contributed by atoms with van der Waals surface area (Å²) >= 11 is 0. The van der Waals surface area contributed by atoms with Crippen LogP contribution >= 0.6 is 0 Å². The molecule has 0 amide bonds. The van der Waals surface area contributed by atoms with Crippen LogP contribution in [0.25, 0.3) is 0 Å². The first-order valence-electron chi connectivity index (χ1n) is 5.54.